The zero-order valence-corrected chi connectivity index (χ0v) is 88.5. The van der Waals surface area contributed by atoms with Crippen LogP contribution in [-0.2, 0) is 39.3 Å². The van der Waals surface area contributed by atoms with Gasteiger partial charge in [-0.1, -0.05) is 184 Å². The first-order chi connectivity index (χ1) is 71.6. The van der Waals surface area contributed by atoms with Gasteiger partial charge in [0.2, 0.25) is 0 Å². The molecule has 0 radical (unpaired) electrons. The van der Waals surface area contributed by atoms with Crippen LogP contribution in [0.1, 0.15) is 231 Å². The molecule has 778 valence electrons. The lowest BCUT2D eigenvalue weighted by molar-refractivity contribution is 0.0482. The first kappa shape index (κ1) is 106. The molecular formula is C122H148Cl2FN11O11. The normalized spacial score (nSPS) is 18.6. The average molecular weight is 2030 g/mol. The van der Waals surface area contributed by atoms with Crippen molar-refractivity contribution in [1.82, 2.24) is 53.8 Å². The molecule has 7 fully saturated rings. The number of ether oxygens (including phenoxy) is 6. The molecule has 25 heteroatoms. The molecule has 7 aliphatic rings. The molecule has 1 saturated carbocycles. The number of piperidine rings is 4. The molecule has 22 nitrogen and oxygen atoms in total. The quantitative estimate of drug-likeness (QED) is 0.0304. The minimum Gasteiger partial charge on any atom is -0.495 e. The van der Waals surface area contributed by atoms with Gasteiger partial charge in [0.05, 0.1) is 67.2 Å². The summed E-state index contributed by atoms with van der Waals surface area (Å²) in [6.45, 7) is 22.1. The van der Waals surface area contributed by atoms with Crippen molar-refractivity contribution in [3.8, 4) is 34.5 Å². The average Bonchev–Trinajstić information content (AvgIpc) is 1.58. The summed E-state index contributed by atoms with van der Waals surface area (Å²) < 4.78 is 56.9. The number of para-hydroxylation sites is 4. The molecule has 6 saturated heterocycles. The van der Waals surface area contributed by atoms with E-state index in [9.17, 15) is 28.4 Å². The summed E-state index contributed by atoms with van der Waals surface area (Å²) in [6.07, 6.45) is 33.2. The van der Waals surface area contributed by atoms with Crippen molar-refractivity contribution in [2.75, 3.05) is 87.3 Å². The Bertz CT molecular complexity index is 6550. The third-order valence-electron chi connectivity index (χ3n) is 31.0. The molecule has 0 spiro atoms. The van der Waals surface area contributed by atoms with Gasteiger partial charge in [-0.05, 0) is 262 Å². The van der Waals surface area contributed by atoms with Crippen LogP contribution in [0, 0.1) is 36.4 Å². The molecule has 1 aliphatic carbocycles. The number of fused-ring (bicyclic) bond motifs is 8. The van der Waals surface area contributed by atoms with E-state index >= 15 is 0 Å². The van der Waals surface area contributed by atoms with Crippen molar-refractivity contribution in [3.05, 3.63) is 285 Å². The van der Waals surface area contributed by atoms with E-state index in [2.05, 4.69) is 93.6 Å². The van der Waals surface area contributed by atoms with E-state index in [1.54, 1.807) is 40.6 Å². The fraction of sp³-hybridized carbons (Fsp3) is 0.451. The second kappa shape index (κ2) is 51.3. The number of amides is 3. The van der Waals surface area contributed by atoms with Gasteiger partial charge in [-0.15, -0.1) is 0 Å². The molecule has 4 unspecified atom stereocenters. The SMILES string of the molecule is CCCCC1CCN(CCCn2cc(C(=O)NCc3cccc(Cl)c3)c3cccc(OC)c32)CC1.COc1cccc2c(C(=O)C3CC3)cn(CCCN3CCC(Oc4ccc(F)cc4)CC3)c12.COc1cccc2c(C(=O)NCC(C)C)cn(CCCN3C4CCC3CC(CC(=O)c3ccccc3)C4)c12.COc1cccc2c(C(=O)NCc3cccc(C)c3)cn(CCCN3C4CCC3CC(Oc3ccc(Cl)cc3)C4)c12. The van der Waals surface area contributed by atoms with Crippen LogP contribution in [0.15, 0.2) is 225 Å². The van der Waals surface area contributed by atoms with E-state index < -0.39 is 0 Å². The van der Waals surface area contributed by atoms with E-state index in [1.165, 1.54) is 88.6 Å². The predicted octanol–water partition coefficient (Wildman–Crippen LogP) is 24.8. The Morgan fingerprint density at radius 3 is 1.27 bits per heavy atom. The topological polar surface area (TPSA) is 210 Å². The summed E-state index contributed by atoms with van der Waals surface area (Å²) in [5.74, 6) is 6.99. The third kappa shape index (κ3) is 27.4. The standard InChI is InChI=1S/C34H38ClN3O3.C32H41N3O3.C29H38ClN3O2.C27H31FN2O3/c1-23-6-3-7-24(18-23)21-36-34(39)31-22-37(33-30(31)8-4-9-32(33)40-2)16-5-17-38-26-12-13-27(38)20-29(19-26)41-28-14-10-25(35)11-15-28;1-22(2)20-33-32(37)28-21-34(31-27(28)11-7-12-30(31)38-3)15-8-16-35-25-13-14-26(35)18-23(17-25)19-29(36)24-9-5-4-6-10-24;1-3-4-8-22-13-17-32(18-14-22)15-7-16-33-21-26(25-11-6-12-27(35-2)28(25)33)29(34)31-20-23-9-5-10-24(30)19-23;1-32-25-5-2-4-23-24(27(31)19-6-7-19)18-30(26(23)25)15-3-14-29-16-12-22(13-17-29)33-21-10-8-20(28)9-11-21/h3-4,6-11,14-15,18,22,26-27,29H,5,12-13,16-17,19-21H2,1-2H3,(H,36,39);4-7,9-12,21-23,25-26H,8,13-20H2,1-3H3,(H,33,37);5-6,9-12,19,21-22H,3-4,7-8,13-18,20H2,1-2H3,(H,31,34);2,4-5,8-11,18-19,22H,3,6-7,12-17H2,1H3. The van der Waals surface area contributed by atoms with Crippen LogP contribution in [0.5, 0.6) is 34.5 Å². The number of hydrogen-bond acceptors (Lipinski definition) is 15. The first-order valence-corrected chi connectivity index (χ1v) is 54.6. The molecule has 4 aromatic heterocycles. The van der Waals surface area contributed by atoms with Gasteiger partial charge in [-0.2, -0.15) is 0 Å². The highest BCUT2D eigenvalue weighted by molar-refractivity contribution is 6.31. The number of hydrogen-bond donors (Lipinski definition) is 3. The van der Waals surface area contributed by atoms with E-state index in [1.807, 2.05) is 189 Å². The minimum absolute atomic E-state index is 0.0270. The molecule has 9 aromatic carbocycles. The fourth-order valence-corrected chi connectivity index (χ4v) is 23.8. The molecule has 4 atom stereocenters. The molecule has 3 amide bonds. The molecule has 6 aliphatic heterocycles. The molecule has 20 rings (SSSR count). The Balaban J connectivity index is 0.000000134. The highest BCUT2D eigenvalue weighted by Crippen LogP contribution is 2.44. The Morgan fingerprint density at radius 2 is 0.816 bits per heavy atom. The number of unbranched alkanes of at least 4 members (excludes halogenated alkanes) is 1. The Morgan fingerprint density at radius 1 is 0.401 bits per heavy atom. The zero-order chi connectivity index (χ0) is 102. The van der Waals surface area contributed by atoms with Crippen molar-refractivity contribution in [2.45, 2.75) is 245 Å². The lowest BCUT2D eigenvalue weighted by Gasteiger charge is -2.39. The van der Waals surface area contributed by atoms with Gasteiger partial charge in [0.25, 0.3) is 17.7 Å². The van der Waals surface area contributed by atoms with Gasteiger partial charge in [-0.3, -0.25) is 33.8 Å². The molecule has 10 heterocycles. The van der Waals surface area contributed by atoms with Gasteiger partial charge in [0, 0.05) is 176 Å². The van der Waals surface area contributed by atoms with Gasteiger partial charge in [-0.25, -0.2) is 4.39 Å². The van der Waals surface area contributed by atoms with Crippen LogP contribution in [0.3, 0.4) is 0 Å². The highest BCUT2D eigenvalue weighted by atomic mass is 35.5. The maximum Gasteiger partial charge on any atom is 0.253 e. The number of rotatable bonds is 41. The molecule has 13 aromatic rings. The fourth-order valence-electron chi connectivity index (χ4n) is 23.4. The second-order valence-electron chi connectivity index (χ2n) is 41.8. The van der Waals surface area contributed by atoms with Crippen molar-refractivity contribution in [3.63, 3.8) is 0 Å². The Kier molecular flexibility index (Phi) is 37.1. The van der Waals surface area contributed by atoms with Gasteiger partial charge < -0.3 is 72.4 Å². The molecule has 3 N–H and O–H groups in total. The monoisotopic (exact) mass is 2030 g/mol. The summed E-state index contributed by atoms with van der Waals surface area (Å²) in [6, 6.07) is 65.5. The Hall–Kier alpha value is -12.0. The van der Waals surface area contributed by atoms with E-state index in [4.69, 9.17) is 51.6 Å². The van der Waals surface area contributed by atoms with E-state index in [0.29, 0.717) is 83.8 Å². The summed E-state index contributed by atoms with van der Waals surface area (Å²) in [5.41, 5.74) is 11.0. The number of aromatic nitrogens is 4. The lowest BCUT2D eigenvalue weighted by Crippen LogP contribution is -2.46. The second-order valence-corrected chi connectivity index (χ2v) is 42.7. The summed E-state index contributed by atoms with van der Waals surface area (Å²) in [5, 5.41) is 14.4. The van der Waals surface area contributed by atoms with Crippen molar-refractivity contribution >= 4 is 96.1 Å². The lowest BCUT2D eigenvalue weighted by atomic mass is 9.85. The zero-order valence-electron chi connectivity index (χ0n) is 87.0. The number of methoxy groups -OCH3 is 4. The number of carbonyl (C=O) groups is 5. The van der Waals surface area contributed by atoms with Crippen LogP contribution < -0.4 is 44.4 Å². The summed E-state index contributed by atoms with van der Waals surface area (Å²) >= 11 is 12.1. The predicted molar refractivity (Wildman–Crippen MR) is 587 cm³/mol. The van der Waals surface area contributed by atoms with Gasteiger partial charge >= 0.3 is 0 Å². The highest BCUT2D eigenvalue weighted by Gasteiger charge is 2.43. The number of halogens is 3. The Labute approximate surface area is 876 Å². The molecule has 147 heavy (non-hydrogen) atoms. The number of carbonyl (C=O) groups excluding carboxylic acids is 5. The number of benzene rings is 9. The summed E-state index contributed by atoms with van der Waals surface area (Å²) in [4.78, 5) is 75.6. The smallest absolute Gasteiger partial charge is 0.253 e. The minimum atomic E-state index is -0.241. The van der Waals surface area contributed by atoms with Crippen molar-refractivity contribution < 1.29 is 56.8 Å². The molecular weight excluding hydrogens is 1890 g/mol. The van der Waals surface area contributed by atoms with Crippen LogP contribution in [-0.4, -0.2) is 191 Å². The number of nitrogens with zero attached hydrogens (tertiary/aromatic N) is 8. The number of nitrogens with one attached hydrogen (secondary N) is 3. The van der Waals surface area contributed by atoms with E-state index in [-0.39, 0.29) is 53.2 Å². The van der Waals surface area contributed by atoms with Crippen LogP contribution in [0.2, 0.25) is 10.0 Å². The van der Waals surface area contributed by atoms with Gasteiger partial charge in [0.1, 0.15) is 52.5 Å². The number of likely N-dealkylation sites (tertiary alicyclic amines) is 2. The van der Waals surface area contributed by atoms with Crippen LogP contribution >= 0.6 is 23.2 Å². The maximum atomic E-state index is 13.3. The summed E-state index contributed by atoms with van der Waals surface area (Å²) in [7, 11) is 6.76. The van der Waals surface area contributed by atoms with Crippen LogP contribution in [0.4, 0.5) is 4.39 Å². The van der Waals surface area contributed by atoms with Crippen LogP contribution in [0.25, 0.3) is 43.6 Å². The van der Waals surface area contributed by atoms with E-state index in [0.717, 1.165) is 254 Å². The third-order valence-corrected chi connectivity index (χ3v) is 31.5. The first-order valence-electron chi connectivity index (χ1n) is 53.8. The number of aryl methyl sites for hydroxylation is 5. The largest absolute Gasteiger partial charge is 0.495 e. The maximum absolute atomic E-state index is 13.3. The van der Waals surface area contributed by atoms with Crippen molar-refractivity contribution in [1.29, 1.82) is 0 Å². The number of ketones is 2. The van der Waals surface area contributed by atoms with Gasteiger partial charge in [0.15, 0.2) is 11.6 Å². The van der Waals surface area contributed by atoms with Crippen molar-refractivity contribution in [2.24, 2.45) is 23.7 Å². The number of Topliss-reactive ketones (excluding diaryl/α,β-unsaturated/α-hetero) is 2. The molecule has 4 bridgehead atoms.